The van der Waals surface area contributed by atoms with E-state index >= 15 is 0 Å². The molecule has 3 aromatic rings. The zero-order valence-electron chi connectivity index (χ0n) is 10.3. The van der Waals surface area contributed by atoms with E-state index in [9.17, 15) is 0 Å². The Morgan fingerprint density at radius 1 is 1.05 bits per heavy atom. The number of aromatic amines is 1. The van der Waals surface area contributed by atoms with Crippen LogP contribution in [-0.2, 0) is 0 Å². The maximum atomic E-state index is 6.05. The highest BCUT2D eigenvalue weighted by atomic mass is 35.5. The Hall–Kier alpha value is -2.00. The Bertz CT molecular complexity index is 630. The van der Waals surface area contributed by atoms with Gasteiger partial charge in [-0.15, -0.1) is 11.6 Å². The quantitative estimate of drug-likeness (QED) is 0.705. The SMILES string of the molecule is ClCC(Nc1nc2ccccc2[nH]1)c1ccccc1. The van der Waals surface area contributed by atoms with Crippen LogP contribution >= 0.6 is 11.6 Å². The Kier molecular flexibility index (Phi) is 3.38. The highest BCUT2D eigenvalue weighted by Crippen LogP contribution is 2.21. The molecule has 0 aliphatic carbocycles. The number of H-pyrrole nitrogens is 1. The average molecular weight is 272 g/mol. The molecule has 3 nitrogen and oxygen atoms in total. The fraction of sp³-hybridized carbons (Fsp3) is 0.133. The molecule has 0 aliphatic rings. The van der Waals surface area contributed by atoms with Crippen molar-refractivity contribution in [1.29, 1.82) is 0 Å². The highest BCUT2D eigenvalue weighted by Gasteiger charge is 2.11. The number of halogens is 1. The first-order valence-corrected chi connectivity index (χ1v) is 6.72. The monoisotopic (exact) mass is 271 g/mol. The second-order valence-electron chi connectivity index (χ2n) is 4.36. The molecule has 19 heavy (non-hydrogen) atoms. The summed E-state index contributed by atoms with van der Waals surface area (Å²) in [6.07, 6.45) is 0. The summed E-state index contributed by atoms with van der Waals surface area (Å²) in [5.41, 5.74) is 3.12. The van der Waals surface area contributed by atoms with Gasteiger partial charge in [-0.25, -0.2) is 4.98 Å². The Balaban J connectivity index is 1.86. The maximum Gasteiger partial charge on any atom is 0.201 e. The molecule has 0 fully saturated rings. The number of aromatic nitrogens is 2. The molecule has 1 atom stereocenters. The van der Waals surface area contributed by atoms with Gasteiger partial charge in [-0.1, -0.05) is 42.5 Å². The maximum absolute atomic E-state index is 6.05. The molecule has 1 aromatic heterocycles. The number of nitrogens with one attached hydrogen (secondary N) is 2. The van der Waals surface area contributed by atoms with E-state index in [-0.39, 0.29) is 6.04 Å². The number of fused-ring (bicyclic) bond motifs is 1. The first-order chi connectivity index (χ1) is 9.36. The van der Waals surface area contributed by atoms with Crippen LogP contribution < -0.4 is 5.32 Å². The number of nitrogens with zero attached hydrogens (tertiary/aromatic N) is 1. The van der Waals surface area contributed by atoms with E-state index < -0.39 is 0 Å². The second-order valence-corrected chi connectivity index (χ2v) is 4.67. The number of hydrogen-bond acceptors (Lipinski definition) is 2. The molecule has 1 unspecified atom stereocenters. The summed E-state index contributed by atoms with van der Waals surface area (Å²) < 4.78 is 0. The van der Waals surface area contributed by atoms with Crippen molar-refractivity contribution < 1.29 is 0 Å². The molecule has 0 radical (unpaired) electrons. The number of hydrogen-bond donors (Lipinski definition) is 2. The van der Waals surface area contributed by atoms with E-state index in [2.05, 4.69) is 27.4 Å². The van der Waals surface area contributed by atoms with Crippen molar-refractivity contribution >= 4 is 28.6 Å². The Morgan fingerprint density at radius 3 is 2.53 bits per heavy atom. The summed E-state index contributed by atoms with van der Waals surface area (Å²) in [7, 11) is 0. The number of rotatable bonds is 4. The molecular formula is C15H14ClN3. The van der Waals surface area contributed by atoms with Crippen LogP contribution in [0.4, 0.5) is 5.95 Å². The predicted molar refractivity (Wildman–Crippen MR) is 79.6 cm³/mol. The Labute approximate surface area is 116 Å². The van der Waals surface area contributed by atoms with Crippen molar-refractivity contribution in [3.63, 3.8) is 0 Å². The number of anilines is 1. The van der Waals surface area contributed by atoms with E-state index in [0.717, 1.165) is 22.5 Å². The second kappa shape index (κ2) is 5.33. The van der Waals surface area contributed by atoms with Gasteiger partial charge < -0.3 is 10.3 Å². The average Bonchev–Trinajstić information content (AvgIpc) is 2.88. The van der Waals surface area contributed by atoms with Crippen molar-refractivity contribution in [2.75, 3.05) is 11.2 Å². The van der Waals surface area contributed by atoms with Gasteiger partial charge in [0, 0.05) is 5.88 Å². The van der Waals surface area contributed by atoms with Crippen LogP contribution in [0.3, 0.4) is 0 Å². The molecule has 96 valence electrons. The van der Waals surface area contributed by atoms with Crippen LogP contribution in [0.1, 0.15) is 11.6 Å². The van der Waals surface area contributed by atoms with Gasteiger partial charge >= 0.3 is 0 Å². The van der Waals surface area contributed by atoms with Crippen LogP contribution in [0.2, 0.25) is 0 Å². The molecule has 0 aliphatic heterocycles. The predicted octanol–water partition coefficient (Wildman–Crippen LogP) is 3.95. The van der Waals surface area contributed by atoms with Gasteiger partial charge in [-0.05, 0) is 17.7 Å². The number of alkyl halides is 1. The first-order valence-electron chi connectivity index (χ1n) is 6.19. The van der Waals surface area contributed by atoms with E-state index in [1.165, 1.54) is 0 Å². The first kappa shape index (κ1) is 12.1. The van der Waals surface area contributed by atoms with E-state index in [4.69, 9.17) is 11.6 Å². The third kappa shape index (κ3) is 2.56. The van der Waals surface area contributed by atoms with Crippen molar-refractivity contribution in [3.8, 4) is 0 Å². The van der Waals surface area contributed by atoms with Gasteiger partial charge in [0.2, 0.25) is 5.95 Å². The standard InChI is InChI=1S/C15H14ClN3/c16-10-14(11-6-2-1-3-7-11)19-15-17-12-8-4-5-9-13(12)18-15/h1-9,14H,10H2,(H2,17,18,19). The normalized spacial score (nSPS) is 12.5. The summed E-state index contributed by atoms with van der Waals surface area (Å²) in [5, 5.41) is 3.34. The minimum atomic E-state index is 0.0448. The van der Waals surface area contributed by atoms with Gasteiger partial charge in [0.15, 0.2) is 0 Å². The fourth-order valence-corrected chi connectivity index (χ4v) is 2.34. The van der Waals surface area contributed by atoms with Gasteiger partial charge in [0.05, 0.1) is 17.1 Å². The minimum Gasteiger partial charge on any atom is -0.348 e. The number of para-hydroxylation sites is 2. The van der Waals surface area contributed by atoms with Crippen molar-refractivity contribution in [1.82, 2.24) is 9.97 Å². The lowest BCUT2D eigenvalue weighted by atomic mass is 10.1. The van der Waals surface area contributed by atoms with Gasteiger partial charge in [0.1, 0.15) is 0 Å². The van der Waals surface area contributed by atoms with Crippen molar-refractivity contribution in [2.45, 2.75) is 6.04 Å². The van der Waals surface area contributed by atoms with Gasteiger partial charge in [-0.3, -0.25) is 0 Å². The lowest BCUT2D eigenvalue weighted by Gasteiger charge is -2.15. The molecule has 0 amide bonds. The van der Waals surface area contributed by atoms with Crippen LogP contribution in [0.25, 0.3) is 11.0 Å². The minimum absolute atomic E-state index is 0.0448. The van der Waals surface area contributed by atoms with Crippen LogP contribution in [0, 0.1) is 0 Å². The third-order valence-corrected chi connectivity index (χ3v) is 3.37. The van der Waals surface area contributed by atoms with Crippen LogP contribution in [0.15, 0.2) is 54.6 Å². The largest absolute Gasteiger partial charge is 0.348 e. The summed E-state index contributed by atoms with van der Waals surface area (Å²) in [6, 6.07) is 18.1. The molecule has 4 heteroatoms. The van der Waals surface area contributed by atoms with E-state index in [1.807, 2.05) is 42.5 Å². The van der Waals surface area contributed by atoms with Crippen molar-refractivity contribution in [2.24, 2.45) is 0 Å². The molecule has 1 heterocycles. The van der Waals surface area contributed by atoms with Gasteiger partial charge in [0.25, 0.3) is 0 Å². The molecule has 0 saturated carbocycles. The lowest BCUT2D eigenvalue weighted by Crippen LogP contribution is -2.13. The molecule has 0 saturated heterocycles. The number of imidazole rings is 1. The molecule has 3 rings (SSSR count). The lowest BCUT2D eigenvalue weighted by molar-refractivity contribution is 0.877. The molecule has 0 spiro atoms. The summed E-state index contributed by atoms with van der Waals surface area (Å²) in [5.74, 6) is 1.23. The third-order valence-electron chi connectivity index (χ3n) is 3.06. The Morgan fingerprint density at radius 2 is 1.79 bits per heavy atom. The molecule has 2 N–H and O–H groups in total. The highest BCUT2D eigenvalue weighted by molar-refractivity contribution is 6.18. The smallest absolute Gasteiger partial charge is 0.201 e. The van der Waals surface area contributed by atoms with Crippen LogP contribution in [-0.4, -0.2) is 15.8 Å². The molecule has 0 bridgehead atoms. The zero-order chi connectivity index (χ0) is 13.1. The van der Waals surface area contributed by atoms with Gasteiger partial charge in [-0.2, -0.15) is 0 Å². The summed E-state index contributed by atoms with van der Waals surface area (Å²) in [6.45, 7) is 0. The van der Waals surface area contributed by atoms with Crippen molar-refractivity contribution in [3.05, 3.63) is 60.2 Å². The van der Waals surface area contributed by atoms with E-state index in [0.29, 0.717) is 5.88 Å². The summed E-state index contributed by atoms with van der Waals surface area (Å²) >= 11 is 6.05. The zero-order valence-corrected chi connectivity index (χ0v) is 11.1. The summed E-state index contributed by atoms with van der Waals surface area (Å²) in [4.78, 5) is 7.75. The topological polar surface area (TPSA) is 40.7 Å². The fourth-order valence-electron chi connectivity index (χ4n) is 2.08. The molecular weight excluding hydrogens is 258 g/mol. The van der Waals surface area contributed by atoms with Crippen LogP contribution in [0.5, 0.6) is 0 Å². The van der Waals surface area contributed by atoms with E-state index in [1.54, 1.807) is 0 Å². The molecule has 2 aromatic carbocycles. The number of benzene rings is 2.